The summed E-state index contributed by atoms with van der Waals surface area (Å²) in [6.07, 6.45) is 2.28. The number of hydrogen-bond acceptors (Lipinski definition) is 4. The summed E-state index contributed by atoms with van der Waals surface area (Å²) < 4.78 is 5.64. The highest BCUT2D eigenvalue weighted by molar-refractivity contribution is 6.07. The smallest absolute Gasteiger partial charge is 0.325 e. The first-order chi connectivity index (χ1) is 13.6. The molecule has 0 aromatic heterocycles. The van der Waals surface area contributed by atoms with E-state index in [0.717, 1.165) is 28.9 Å². The maximum atomic E-state index is 12.6. The zero-order valence-corrected chi connectivity index (χ0v) is 15.6. The summed E-state index contributed by atoms with van der Waals surface area (Å²) in [4.78, 5) is 25.9. The summed E-state index contributed by atoms with van der Waals surface area (Å²) in [6, 6.07) is 17.2. The van der Waals surface area contributed by atoms with Gasteiger partial charge in [-0.05, 0) is 36.1 Å². The van der Waals surface area contributed by atoms with Crippen LogP contribution < -0.4 is 10.1 Å². The van der Waals surface area contributed by atoms with E-state index in [-0.39, 0.29) is 19.1 Å². The van der Waals surface area contributed by atoms with Gasteiger partial charge in [-0.3, -0.25) is 9.69 Å². The molecule has 0 unspecified atom stereocenters. The molecule has 2 aliphatic rings. The Morgan fingerprint density at radius 2 is 1.64 bits per heavy atom. The van der Waals surface area contributed by atoms with Crippen LogP contribution in [0.25, 0.3) is 11.1 Å². The molecule has 1 aliphatic carbocycles. The molecule has 1 spiro atoms. The quantitative estimate of drug-likeness (QED) is 0.755. The van der Waals surface area contributed by atoms with Crippen LogP contribution in [0.5, 0.6) is 5.75 Å². The summed E-state index contributed by atoms with van der Waals surface area (Å²) in [5.41, 5.74) is 1.45. The Morgan fingerprint density at radius 1 is 1.00 bits per heavy atom. The number of ether oxygens (including phenoxy) is 1. The van der Waals surface area contributed by atoms with Crippen LogP contribution in [0.3, 0.4) is 0 Å². The first-order valence-corrected chi connectivity index (χ1v) is 9.68. The van der Waals surface area contributed by atoms with Gasteiger partial charge in [-0.1, -0.05) is 55.3 Å². The summed E-state index contributed by atoms with van der Waals surface area (Å²) in [5.74, 6) is 0.407. The average molecular weight is 380 g/mol. The highest BCUT2D eigenvalue weighted by Crippen LogP contribution is 2.35. The molecule has 28 heavy (non-hydrogen) atoms. The molecule has 3 amide bonds. The van der Waals surface area contributed by atoms with Gasteiger partial charge in [0.05, 0.1) is 6.54 Å². The molecule has 0 radical (unpaired) electrons. The van der Waals surface area contributed by atoms with Crippen molar-refractivity contribution >= 4 is 11.9 Å². The molecule has 6 heteroatoms. The predicted octanol–water partition coefficient (Wildman–Crippen LogP) is 2.96. The third kappa shape index (κ3) is 3.60. The second-order valence-electron chi connectivity index (χ2n) is 7.49. The van der Waals surface area contributed by atoms with Crippen molar-refractivity contribution in [1.82, 2.24) is 10.2 Å². The summed E-state index contributed by atoms with van der Waals surface area (Å²) in [7, 11) is 0. The molecule has 4 rings (SSSR count). The molecule has 146 valence electrons. The molecule has 1 saturated carbocycles. The topological polar surface area (TPSA) is 78.9 Å². The molecular formula is C22H24N2O4. The van der Waals surface area contributed by atoms with Gasteiger partial charge in [0.2, 0.25) is 0 Å². The van der Waals surface area contributed by atoms with Crippen LogP contribution in [-0.2, 0) is 4.79 Å². The van der Waals surface area contributed by atoms with Crippen LogP contribution >= 0.6 is 0 Å². The van der Waals surface area contributed by atoms with E-state index in [1.165, 1.54) is 0 Å². The Bertz CT molecular complexity index is 845. The minimum Gasteiger partial charge on any atom is -0.491 e. The monoisotopic (exact) mass is 380 g/mol. The van der Waals surface area contributed by atoms with Crippen LogP contribution in [0.2, 0.25) is 0 Å². The van der Waals surface area contributed by atoms with E-state index in [2.05, 4.69) is 5.32 Å². The van der Waals surface area contributed by atoms with Crippen molar-refractivity contribution in [3.63, 3.8) is 0 Å². The molecule has 2 aromatic rings. The van der Waals surface area contributed by atoms with Gasteiger partial charge < -0.3 is 15.2 Å². The van der Waals surface area contributed by atoms with E-state index < -0.39 is 17.7 Å². The second kappa shape index (κ2) is 7.64. The Balaban J connectivity index is 1.32. The number of rotatable bonds is 6. The van der Waals surface area contributed by atoms with Gasteiger partial charge >= 0.3 is 6.03 Å². The number of aliphatic hydroxyl groups is 1. The molecule has 0 bridgehead atoms. The van der Waals surface area contributed by atoms with Gasteiger partial charge in [-0.15, -0.1) is 0 Å². The van der Waals surface area contributed by atoms with Gasteiger partial charge in [0, 0.05) is 0 Å². The van der Waals surface area contributed by atoms with Crippen LogP contribution in [0, 0.1) is 0 Å². The molecule has 1 saturated heterocycles. The lowest BCUT2D eigenvalue weighted by Crippen LogP contribution is -2.45. The van der Waals surface area contributed by atoms with Gasteiger partial charge in [-0.25, -0.2) is 4.79 Å². The fraction of sp³-hybridized carbons (Fsp3) is 0.364. The number of aliphatic hydroxyl groups excluding tert-OH is 1. The van der Waals surface area contributed by atoms with Crippen molar-refractivity contribution in [3.8, 4) is 16.9 Å². The van der Waals surface area contributed by atoms with Crippen molar-refractivity contribution < 1.29 is 19.4 Å². The molecule has 2 fully saturated rings. The van der Waals surface area contributed by atoms with Crippen molar-refractivity contribution in [2.75, 3.05) is 13.2 Å². The van der Waals surface area contributed by atoms with Crippen LogP contribution in [0.4, 0.5) is 4.79 Å². The number of amides is 3. The highest BCUT2D eigenvalue weighted by atomic mass is 16.5. The van der Waals surface area contributed by atoms with E-state index in [0.29, 0.717) is 18.6 Å². The fourth-order valence-corrected chi connectivity index (χ4v) is 3.99. The molecular weight excluding hydrogens is 356 g/mol. The third-order valence-electron chi connectivity index (χ3n) is 5.50. The van der Waals surface area contributed by atoms with Crippen molar-refractivity contribution in [1.29, 1.82) is 0 Å². The van der Waals surface area contributed by atoms with E-state index >= 15 is 0 Å². The lowest BCUT2D eigenvalue weighted by molar-refractivity contribution is -0.132. The minimum atomic E-state index is -0.944. The summed E-state index contributed by atoms with van der Waals surface area (Å²) in [6.45, 7) is -0.0523. The number of hydrogen-bond donors (Lipinski definition) is 2. The summed E-state index contributed by atoms with van der Waals surface area (Å²) >= 11 is 0. The van der Waals surface area contributed by atoms with Gasteiger partial charge in [-0.2, -0.15) is 0 Å². The van der Waals surface area contributed by atoms with E-state index in [1.54, 1.807) is 0 Å². The van der Waals surface area contributed by atoms with Crippen molar-refractivity contribution in [3.05, 3.63) is 54.6 Å². The Morgan fingerprint density at radius 3 is 2.32 bits per heavy atom. The van der Waals surface area contributed by atoms with Crippen LogP contribution in [-0.4, -0.2) is 46.7 Å². The zero-order valence-electron chi connectivity index (χ0n) is 15.6. The maximum absolute atomic E-state index is 12.6. The fourth-order valence-electron chi connectivity index (χ4n) is 3.99. The Labute approximate surface area is 164 Å². The Kier molecular flexibility index (Phi) is 5.05. The SMILES string of the molecule is O=C1NC2(CCCC2)C(=O)N1C[C@@H](O)COc1ccc(-c2ccccc2)cc1. The Hall–Kier alpha value is -2.86. The molecule has 1 aliphatic heterocycles. The second-order valence-corrected chi connectivity index (χ2v) is 7.49. The molecule has 1 atom stereocenters. The number of imide groups is 1. The zero-order chi connectivity index (χ0) is 19.6. The predicted molar refractivity (Wildman–Crippen MR) is 105 cm³/mol. The molecule has 1 heterocycles. The van der Waals surface area contributed by atoms with Gasteiger partial charge in [0.1, 0.15) is 24.0 Å². The first kappa shape index (κ1) is 18.5. The normalized spacial score (nSPS) is 19.1. The van der Waals surface area contributed by atoms with Crippen molar-refractivity contribution in [2.24, 2.45) is 0 Å². The highest BCUT2D eigenvalue weighted by Gasteiger charge is 2.52. The molecule has 2 aromatic carbocycles. The third-order valence-corrected chi connectivity index (χ3v) is 5.50. The lowest BCUT2D eigenvalue weighted by atomic mass is 9.98. The standard InChI is InChI=1S/C22H24N2O4/c25-18(14-24-20(26)22(23-21(24)27)12-4-5-13-22)15-28-19-10-8-17(9-11-19)16-6-2-1-3-7-16/h1-3,6-11,18,25H,4-5,12-15H2,(H,23,27)/t18-/m1/s1. The molecule has 6 nitrogen and oxygen atoms in total. The minimum absolute atomic E-state index is 0.00867. The largest absolute Gasteiger partial charge is 0.491 e. The van der Waals surface area contributed by atoms with E-state index in [9.17, 15) is 14.7 Å². The van der Waals surface area contributed by atoms with Crippen LogP contribution in [0.1, 0.15) is 25.7 Å². The number of urea groups is 1. The van der Waals surface area contributed by atoms with Crippen LogP contribution in [0.15, 0.2) is 54.6 Å². The van der Waals surface area contributed by atoms with Gasteiger partial charge in [0.25, 0.3) is 5.91 Å². The van der Waals surface area contributed by atoms with Gasteiger partial charge in [0.15, 0.2) is 0 Å². The van der Waals surface area contributed by atoms with E-state index in [4.69, 9.17) is 4.74 Å². The summed E-state index contributed by atoms with van der Waals surface area (Å²) in [5, 5.41) is 13.1. The number of nitrogens with zero attached hydrogens (tertiary/aromatic N) is 1. The number of benzene rings is 2. The number of carbonyl (C=O) groups is 2. The molecule has 2 N–H and O–H groups in total. The first-order valence-electron chi connectivity index (χ1n) is 9.68. The number of carbonyl (C=O) groups excluding carboxylic acids is 2. The van der Waals surface area contributed by atoms with E-state index in [1.807, 2.05) is 54.6 Å². The van der Waals surface area contributed by atoms with Crippen molar-refractivity contribution in [2.45, 2.75) is 37.3 Å². The number of β-amino-alcohol motifs (C(OH)–C–C–N with tert-alkyl or cyclic N) is 1. The lowest BCUT2D eigenvalue weighted by Gasteiger charge is -2.21. The average Bonchev–Trinajstić information content (AvgIpc) is 3.28. The maximum Gasteiger partial charge on any atom is 0.325 e. The number of nitrogens with one attached hydrogen (secondary N) is 1.